The van der Waals surface area contributed by atoms with Crippen molar-refractivity contribution in [2.45, 2.75) is 52.6 Å². The van der Waals surface area contributed by atoms with E-state index in [-0.39, 0.29) is 18.4 Å². The van der Waals surface area contributed by atoms with Crippen molar-refractivity contribution in [1.29, 1.82) is 0 Å². The van der Waals surface area contributed by atoms with Crippen molar-refractivity contribution in [2.75, 3.05) is 6.54 Å². The minimum Gasteiger partial charge on any atom is -0.354 e. The number of aryl methyl sites for hydroxylation is 2. The van der Waals surface area contributed by atoms with Gasteiger partial charge in [-0.25, -0.2) is 0 Å². The lowest BCUT2D eigenvalue weighted by molar-refractivity contribution is -0.141. The fraction of sp³-hybridized carbons (Fsp3) is 0.333. The van der Waals surface area contributed by atoms with E-state index in [1.807, 2.05) is 81.4 Å². The molecule has 0 fully saturated rings. The standard InChI is InChI=1S/C30H34Cl2N2O2/c1-21(2)19-33-30(36)28(18-24-7-5-4-6-8-24)34(20-25-13-15-26(31)27(32)17-25)29(35)16-14-23-11-9-22(3)10-12-23/h4-13,15,17,21,28H,14,16,18-20H2,1-3H3,(H,33,36)/t28-/m0/s1. The molecule has 0 saturated heterocycles. The van der Waals surface area contributed by atoms with Crippen molar-refractivity contribution in [3.8, 4) is 0 Å². The van der Waals surface area contributed by atoms with Gasteiger partial charge in [-0.3, -0.25) is 9.59 Å². The van der Waals surface area contributed by atoms with Crippen LogP contribution in [0.15, 0.2) is 72.8 Å². The van der Waals surface area contributed by atoms with E-state index < -0.39 is 6.04 Å². The molecule has 1 N–H and O–H groups in total. The van der Waals surface area contributed by atoms with Crippen LogP contribution in [0, 0.1) is 12.8 Å². The van der Waals surface area contributed by atoms with Gasteiger partial charge < -0.3 is 10.2 Å². The van der Waals surface area contributed by atoms with E-state index in [9.17, 15) is 9.59 Å². The Bertz CT molecular complexity index is 1150. The van der Waals surface area contributed by atoms with Crippen molar-refractivity contribution in [3.05, 3.63) is 105 Å². The van der Waals surface area contributed by atoms with Gasteiger partial charge >= 0.3 is 0 Å². The average Bonchev–Trinajstić information content (AvgIpc) is 2.86. The van der Waals surface area contributed by atoms with E-state index in [1.54, 1.807) is 17.0 Å². The highest BCUT2D eigenvalue weighted by Crippen LogP contribution is 2.25. The quantitative estimate of drug-likeness (QED) is 0.305. The largest absolute Gasteiger partial charge is 0.354 e. The predicted octanol–water partition coefficient (Wildman–Crippen LogP) is 6.65. The van der Waals surface area contributed by atoms with Gasteiger partial charge in [0.2, 0.25) is 11.8 Å². The van der Waals surface area contributed by atoms with Gasteiger partial charge in [-0.15, -0.1) is 0 Å². The number of benzene rings is 3. The monoisotopic (exact) mass is 524 g/mol. The zero-order valence-electron chi connectivity index (χ0n) is 21.1. The third-order valence-electron chi connectivity index (χ3n) is 6.04. The zero-order valence-corrected chi connectivity index (χ0v) is 22.6. The van der Waals surface area contributed by atoms with Crippen molar-refractivity contribution < 1.29 is 9.59 Å². The van der Waals surface area contributed by atoms with E-state index in [2.05, 4.69) is 5.32 Å². The SMILES string of the molecule is Cc1ccc(CCC(=O)N(Cc2ccc(Cl)c(Cl)c2)[C@@H](Cc2ccccc2)C(=O)NCC(C)C)cc1. The molecule has 4 nitrogen and oxygen atoms in total. The summed E-state index contributed by atoms with van der Waals surface area (Å²) in [7, 11) is 0. The minimum atomic E-state index is -0.661. The van der Waals surface area contributed by atoms with Crippen LogP contribution in [-0.4, -0.2) is 29.3 Å². The summed E-state index contributed by atoms with van der Waals surface area (Å²) < 4.78 is 0. The molecule has 0 heterocycles. The summed E-state index contributed by atoms with van der Waals surface area (Å²) in [6, 6.07) is 22.6. The van der Waals surface area contributed by atoms with E-state index >= 15 is 0 Å². The summed E-state index contributed by atoms with van der Waals surface area (Å²) in [5, 5.41) is 3.92. The lowest BCUT2D eigenvalue weighted by Crippen LogP contribution is -2.51. The summed E-state index contributed by atoms with van der Waals surface area (Å²) in [6.07, 6.45) is 1.32. The van der Waals surface area contributed by atoms with E-state index in [4.69, 9.17) is 23.2 Å². The first-order valence-corrected chi connectivity index (χ1v) is 13.1. The number of hydrogen-bond donors (Lipinski definition) is 1. The van der Waals surface area contributed by atoms with Gasteiger partial charge in [0.05, 0.1) is 10.0 Å². The molecule has 0 spiro atoms. The molecule has 36 heavy (non-hydrogen) atoms. The molecular weight excluding hydrogens is 491 g/mol. The molecule has 0 aliphatic heterocycles. The Morgan fingerprint density at radius 3 is 2.17 bits per heavy atom. The molecular formula is C30H34Cl2N2O2. The minimum absolute atomic E-state index is 0.0812. The molecule has 0 aliphatic rings. The first kappa shape index (κ1) is 27.8. The molecule has 0 aromatic heterocycles. The summed E-state index contributed by atoms with van der Waals surface area (Å²) in [5.74, 6) is 0.0608. The maximum absolute atomic E-state index is 13.7. The first-order chi connectivity index (χ1) is 17.2. The van der Waals surface area contributed by atoms with Gasteiger partial charge in [0.25, 0.3) is 0 Å². The van der Waals surface area contributed by atoms with Crippen LogP contribution in [0.5, 0.6) is 0 Å². The molecule has 0 unspecified atom stereocenters. The van der Waals surface area contributed by atoms with E-state index in [0.29, 0.717) is 41.8 Å². The highest BCUT2D eigenvalue weighted by Gasteiger charge is 2.30. The Balaban J connectivity index is 1.91. The third kappa shape index (κ3) is 8.39. The van der Waals surface area contributed by atoms with Crippen LogP contribution in [0.4, 0.5) is 0 Å². The normalized spacial score (nSPS) is 11.8. The van der Waals surface area contributed by atoms with E-state index in [1.165, 1.54) is 5.56 Å². The second-order valence-corrected chi connectivity index (χ2v) is 10.4. The fourth-order valence-corrected chi connectivity index (χ4v) is 4.28. The smallest absolute Gasteiger partial charge is 0.243 e. The van der Waals surface area contributed by atoms with Crippen LogP contribution in [0.2, 0.25) is 10.0 Å². The molecule has 0 aliphatic carbocycles. The molecule has 3 aromatic carbocycles. The Kier molecular flexibility index (Phi) is 10.4. The number of rotatable bonds is 11. The van der Waals surface area contributed by atoms with Gasteiger partial charge in [0.1, 0.15) is 6.04 Å². The Labute approximate surface area is 224 Å². The maximum atomic E-state index is 13.7. The van der Waals surface area contributed by atoms with Crippen LogP contribution in [0.25, 0.3) is 0 Å². The number of halogens is 2. The molecule has 0 saturated carbocycles. The summed E-state index contributed by atoms with van der Waals surface area (Å²) in [5.41, 5.74) is 4.08. The second-order valence-electron chi connectivity index (χ2n) is 9.60. The highest BCUT2D eigenvalue weighted by atomic mass is 35.5. The Morgan fingerprint density at radius 2 is 1.53 bits per heavy atom. The fourth-order valence-electron chi connectivity index (χ4n) is 3.96. The van der Waals surface area contributed by atoms with Crippen molar-refractivity contribution >= 4 is 35.0 Å². The molecule has 190 valence electrons. The van der Waals surface area contributed by atoms with E-state index in [0.717, 1.165) is 16.7 Å². The topological polar surface area (TPSA) is 49.4 Å². The summed E-state index contributed by atoms with van der Waals surface area (Å²) >= 11 is 12.4. The number of nitrogens with zero attached hydrogens (tertiary/aromatic N) is 1. The van der Waals surface area contributed by atoms with Gasteiger partial charge in [-0.1, -0.05) is 103 Å². The van der Waals surface area contributed by atoms with Crippen LogP contribution >= 0.6 is 23.2 Å². The number of amides is 2. The van der Waals surface area contributed by atoms with Gasteiger partial charge in [0.15, 0.2) is 0 Å². The van der Waals surface area contributed by atoms with Crippen LogP contribution in [0.3, 0.4) is 0 Å². The summed E-state index contributed by atoms with van der Waals surface area (Å²) in [4.78, 5) is 28.9. The van der Waals surface area contributed by atoms with Crippen molar-refractivity contribution in [2.24, 2.45) is 5.92 Å². The number of carbonyl (C=O) groups excluding carboxylic acids is 2. The molecule has 0 radical (unpaired) electrons. The van der Waals surface area contributed by atoms with Gasteiger partial charge in [0, 0.05) is 25.9 Å². The van der Waals surface area contributed by atoms with Crippen LogP contribution < -0.4 is 5.32 Å². The first-order valence-electron chi connectivity index (χ1n) is 12.3. The molecule has 6 heteroatoms. The summed E-state index contributed by atoms with van der Waals surface area (Å²) in [6.45, 7) is 6.94. The second kappa shape index (κ2) is 13.5. The van der Waals surface area contributed by atoms with Crippen molar-refractivity contribution in [1.82, 2.24) is 10.2 Å². The molecule has 3 aromatic rings. The van der Waals surface area contributed by atoms with Crippen LogP contribution in [-0.2, 0) is 29.0 Å². The molecule has 2 amide bonds. The van der Waals surface area contributed by atoms with Gasteiger partial charge in [-0.05, 0) is 48.1 Å². The maximum Gasteiger partial charge on any atom is 0.243 e. The lowest BCUT2D eigenvalue weighted by Gasteiger charge is -2.32. The van der Waals surface area contributed by atoms with Crippen LogP contribution in [0.1, 0.15) is 42.5 Å². The highest BCUT2D eigenvalue weighted by molar-refractivity contribution is 6.42. The number of hydrogen-bond acceptors (Lipinski definition) is 2. The Morgan fingerprint density at radius 1 is 0.861 bits per heavy atom. The Hall–Kier alpha value is -2.82. The number of nitrogens with one attached hydrogen (secondary N) is 1. The van der Waals surface area contributed by atoms with Gasteiger partial charge in [-0.2, -0.15) is 0 Å². The molecule has 0 bridgehead atoms. The average molecular weight is 526 g/mol. The zero-order chi connectivity index (χ0) is 26.1. The molecule has 3 rings (SSSR count). The number of carbonyl (C=O) groups is 2. The predicted molar refractivity (Wildman–Crippen MR) is 148 cm³/mol. The molecule has 1 atom stereocenters. The lowest BCUT2D eigenvalue weighted by atomic mass is 10.0. The third-order valence-corrected chi connectivity index (χ3v) is 6.78. The van der Waals surface area contributed by atoms with Crippen molar-refractivity contribution in [3.63, 3.8) is 0 Å².